The lowest BCUT2D eigenvalue weighted by atomic mass is 10.0. The van der Waals surface area contributed by atoms with Gasteiger partial charge in [-0.1, -0.05) is 35.6 Å². The van der Waals surface area contributed by atoms with Crippen LogP contribution in [-0.4, -0.2) is 22.4 Å². The molecule has 0 saturated heterocycles. The van der Waals surface area contributed by atoms with Gasteiger partial charge in [0.15, 0.2) is 0 Å². The number of Topliss-reactive ketones (excluding diaryl/α,β-unsaturated/α-hetero) is 1. The maximum atomic E-state index is 13.1. The Morgan fingerprint density at radius 1 is 1.17 bits per heavy atom. The van der Waals surface area contributed by atoms with Crippen LogP contribution in [0.25, 0.3) is 6.08 Å². The first-order valence-electron chi connectivity index (χ1n) is 9.22. The molecule has 0 radical (unpaired) electrons. The van der Waals surface area contributed by atoms with Crippen molar-refractivity contribution in [2.45, 2.75) is 6.42 Å². The van der Waals surface area contributed by atoms with E-state index in [9.17, 15) is 9.35 Å². The standard InChI is InChI=1S/C24H17ClN2O2S/c1-27-22-9-8-18(5-2-4-17-10-12-26-13-11-17)15-21(22)24(28)23(30(27)29)16-19-6-3-7-20(25)14-19/h3,6-16H,4H2,1H3/b23-16+. The average molecular weight is 433 g/mol. The van der Waals surface area contributed by atoms with Crippen molar-refractivity contribution in [1.82, 2.24) is 4.98 Å². The maximum Gasteiger partial charge on any atom is 0.245 e. The fourth-order valence-electron chi connectivity index (χ4n) is 3.13. The number of ketones is 1. The number of allylic oxidation sites excluding steroid dienone is 1. The zero-order valence-corrected chi connectivity index (χ0v) is 17.7. The van der Waals surface area contributed by atoms with Gasteiger partial charge in [-0.05, 0) is 53.6 Å². The van der Waals surface area contributed by atoms with Gasteiger partial charge < -0.3 is 4.55 Å². The summed E-state index contributed by atoms with van der Waals surface area (Å²) in [6.45, 7) is 0. The third kappa shape index (κ3) is 4.27. The summed E-state index contributed by atoms with van der Waals surface area (Å²) in [6, 6.07) is 16.3. The van der Waals surface area contributed by atoms with Gasteiger partial charge in [-0.25, -0.2) is 0 Å². The third-order valence-electron chi connectivity index (χ3n) is 4.66. The first-order valence-corrected chi connectivity index (χ1v) is 10.7. The minimum atomic E-state index is -1.60. The second-order valence-corrected chi connectivity index (χ2v) is 8.63. The van der Waals surface area contributed by atoms with Crippen molar-refractivity contribution in [3.8, 4) is 11.8 Å². The molecule has 0 saturated carbocycles. The Bertz CT molecular complexity index is 1200. The molecule has 0 bridgehead atoms. The van der Waals surface area contributed by atoms with Crippen LogP contribution in [0.15, 0.2) is 71.9 Å². The van der Waals surface area contributed by atoms with Gasteiger partial charge in [-0.15, -0.1) is 0 Å². The lowest BCUT2D eigenvalue weighted by molar-refractivity contribution is 0.104. The van der Waals surface area contributed by atoms with Crippen LogP contribution in [0, 0.1) is 11.8 Å². The van der Waals surface area contributed by atoms with E-state index in [1.54, 1.807) is 60.2 Å². The first-order chi connectivity index (χ1) is 14.5. The van der Waals surface area contributed by atoms with Crippen molar-refractivity contribution < 1.29 is 9.35 Å². The predicted octanol–water partition coefficient (Wildman–Crippen LogP) is 4.67. The highest BCUT2D eigenvalue weighted by Crippen LogP contribution is 2.35. The summed E-state index contributed by atoms with van der Waals surface area (Å²) in [5.74, 6) is 5.97. The van der Waals surface area contributed by atoms with Crippen LogP contribution in [0.2, 0.25) is 5.02 Å². The van der Waals surface area contributed by atoms with E-state index in [1.165, 1.54) is 0 Å². The second-order valence-electron chi connectivity index (χ2n) is 6.71. The van der Waals surface area contributed by atoms with Crippen molar-refractivity contribution in [2.24, 2.45) is 0 Å². The van der Waals surface area contributed by atoms with E-state index in [1.807, 2.05) is 24.3 Å². The van der Waals surface area contributed by atoms with E-state index < -0.39 is 11.4 Å². The van der Waals surface area contributed by atoms with Gasteiger partial charge in [0, 0.05) is 35.5 Å². The normalized spacial score (nSPS) is 16.8. The van der Waals surface area contributed by atoms with Gasteiger partial charge in [0.05, 0.1) is 18.3 Å². The van der Waals surface area contributed by atoms with Crippen LogP contribution in [0.3, 0.4) is 0 Å². The van der Waals surface area contributed by atoms with Gasteiger partial charge in [-0.2, -0.15) is 4.31 Å². The number of hydrogen-bond donors (Lipinski definition) is 0. The molecule has 0 spiro atoms. The minimum Gasteiger partial charge on any atom is -0.588 e. The number of nitrogens with zero attached hydrogens (tertiary/aromatic N) is 2. The number of hydrogen-bond acceptors (Lipinski definition) is 4. The monoisotopic (exact) mass is 432 g/mol. The van der Waals surface area contributed by atoms with Crippen molar-refractivity contribution in [2.75, 3.05) is 11.4 Å². The van der Waals surface area contributed by atoms with Crippen LogP contribution >= 0.6 is 11.6 Å². The number of carbonyl (C=O) groups is 1. The Morgan fingerprint density at radius 2 is 1.97 bits per heavy atom. The summed E-state index contributed by atoms with van der Waals surface area (Å²) >= 11 is 4.44. The number of anilines is 1. The van der Waals surface area contributed by atoms with Gasteiger partial charge in [0.1, 0.15) is 11.4 Å². The van der Waals surface area contributed by atoms with E-state index in [4.69, 9.17) is 11.6 Å². The van der Waals surface area contributed by atoms with Crippen molar-refractivity contribution in [1.29, 1.82) is 0 Å². The number of carbonyl (C=O) groups excluding carboxylic acids is 1. The molecule has 1 aromatic heterocycles. The molecule has 1 unspecified atom stereocenters. The maximum absolute atomic E-state index is 13.1. The molecule has 4 nitrogen and oxygen atoms in total. The quantitative estimate of drug-likeness (QED) is 0.335. The van der Waals surface area contributed by atoms with Crippen LogP contribution in [0.5, 0.6) is 0 Å². The number of aromatic nitrogens is 1. The zero-order valence-electron chi connectivity index (χ0n) is 16.1. The largest absolute Gasteiger partial charge is 0.588 e. The number of halogens is 1. The fraction of sp³-hybridized carbons (Fsp3) is 0.0833. The number of benzene rings is 2. The van der Waals surface area contributed by atoms with Crippen molar-refractivity contribution in [3.63, 3.8) is 0 Å². The zero-order chi connectivity index (χ0) is 21.1. The summed E-state index contributed by atoms with van der Waals surface area (Å²) in [7, 11) is 1.71. The molecule has 1 atom stereocenters. The first kappa shape index (κ1) is 20.2. The molecule has 4 rings (SSSR count). The molecule has 6 heteroatoms. The molecule has 0 amide bonds. The van der Waals surface area contributed by atoms with E-state index in [2.05, 4.69) is 16.8 Å². The molecule has 2 aromatic carbocycles. The molecule has 3 aromatic rings. The summed E-state index contributed by atoms with van der Waals surface area (Å²) in [5.41, 5.74) is 3.65. The molecule has 2 heterocycles. The highest BCUT2D eigenvalue weighted by Gasteiger charge is 2.38. The SMILES string of the molecule is CN1c2ccc(C#CCc3ccncc3)cc2C(=O)/C(=C\c2cccc(Cl)c2)[S+]1[O-]. The van der Waals surface area contributed by atoms with Crippen molar-refractivity contribution >= 4 is 40.5 Å². The topological polar surface area (TPSA) is 56.3 Å². The van der Waals surface area contributed by atoms with Gasteiger partial charge >= 0.3 is 0 Å². The molecular weight excluding hydrogens is 416 g/mol. The molecule has 1 aliphatic heterocycles. The molecule has 148 valence electrons. The Balaban J connectivity index is 1.66. The summed E-state index contributed by atoms with van der Waals surface area (Å²) in [4.78, 5) is 17.3. The van der Waals surface area contributed by atoms with E-state index in [-0.39, 0.29) is 10.7 Å². The average Bonchev–Trinajstić information content (AvgIpc) is 2.76. The lowest BCUT2D eigenvalue weighted by Gasteiger charge is -2.29. The number of pyridine rings is 1. The predicted molar refractivity (Wildman–Crippen MR) is 122 cm³/mol. The molecule has 0 N–H and O–H groups in total. The number of rotatable bonds is 2. The van der Waals surface area contributed by atoms with Crippen LogP contribution < -0.4 is 4.31 Å². The van der Waals surface area contributed by atoms with E-state index in [0.717, 1.165) is 16.7 Å². The fourth-order valence-corrected chi connectivity index (χ4v) is 4.47. The molecule has 0 aliphatic carbocycles. The summed E-state index contributed by atoms with van der Waals surface area (Å²) in [6.07, 6.45) is 5.69. The highest BCUT2D eigenvalue weighted by atomic mass is 35.5. The summed E-state index contributed by atoms with van der Waals surface area (Å²) in [5, 5.41) is 0.555. The van der Waals surface area contributed by atoms with Gasteiger partial charge in [0.25, 0.3) is 0 Å². The van der Waals surface area contributed by atoms with E-state index in [0.29, 0.717) is 22.7 Å². The Hall–Kier alpha value is -3.04. The van der Waals surface area contributed by atoms with Crippen LogP contribution in [0.4, 0.5) is 5.69 Å². The van der Waals surface area contributed by atoms with Crippen molar-refractivity contribution in [3.05, 3.63) is 99.2 Å². The van der Waals surface area contributed by atoms with E-state index >= 15 is 0 Å². The lowest BCUT2D eigenvalue weighted by Crippen LogP contribution is -2.36. The molecular formula is C24H17ClN2O2S. The Morgan fingerprint density at radius 3 is 2.73 bits per heavy atom. The Kier molecular flexibility index (Phi) is 5.91. The van der Waals surface area contributed by atoms with Gasteiger partial charge in [0.2, 0.25) is 10.7 Å². The van der Waals surface area contributed by atoms with Crippen LogP contribution in [0.1, 0.15) is 27.0 Å². The molecule has 0 fully saturated rings. The molecule has 1 aliphatic rings. The number of fused-ring (bicyclic) bond motifs is 1. The third-order valence-corrected chi connectivity index (χ3v) is 6.27. The second kappa shape index (κ2) is 8.76. The summed E-state index contributed by atoms with van der Waals surface area (Å²) < 4.78 is 14.5. The van der Waals surface area contributed by atoms with Gasteiger partial charge in [-0.3, -0.25) is 9.78 Å². The minimum absolute atomic E-state index is 0.217. The Labute approximate surface area is 183 Å². The molecule has 30 heavy (non-hydrogen) atoms. The smallest absolute Gasteiger partial charge is 0.245 e. The highest BCUT2D eigenvalue weighted by molar-refractivity contribution is 7.97. The van der Waals surface area contributed by atoms with Crippen LogP contribution in [-0.2, 0) is 17.8 Å².